The lowest BCUT2D eigenvalue weighted by atomic mass is 10.1. The number of hydrogen-bond acceptors (Lipinski definition) is 6. The molecule has 0 saturated carbocycles. The Kier molecular flexibility index (Phi) is 3.65. The summed E-state index contributed by atoms with van der Waals surface area (Å²) in [7, 11) is 0. The van der Waals surface area contributed by atoms with E-state index >= 15 is 0 Å². The van der Waals surface area contributed by atoms with Crippen molar-refractivity contribution in [3.63, 3.8) is 0 Å². The van der Waals surface area contributed by atoms with Crippen molar-refractivity contribution in [2.75, 3.05) is 6.54 Å². The van der Waals surface area contributed by atoms with Crippen LogP contribution in [-0.4, -0.2) is 27.8 Å². The fraction of sp³-hybridized carbons (Fsp3) is 0.214. The van der Waals surface area contributed by atoms with Crippen molar-refractivity contribution in [2.24, 2.45) is 0 Å². The van der Waals surface area contributed by atoms with Crippen molar-refractivity contribution in [3.05, 3.63) is 47.8 Å². The molecule has 0 bridgehead atoms. The number of nitrogens with one attached hydrogen (secondary N) is 1. The lowest BCUT2D eigenvalue weighted by Gasteiger charge is -2.02. The highest BCUT2D eigenvalue weighted by atomic mass is 16.5. The van der Waals surface area contributed by atoms with E-state index in [1.165, 1.54) is 6.39 Å². The fourth-order valence-corrected chi connectivity index (χ4v) is 2.16. The molecular weight excluding hydrogens is 274 g/mol. The molecule has 0 spiro atoms. The lowest BCUT2D eigenvalue weighted by Crippen LogP contribution is -2.18. The highest BCUT2D eigenvalue weighted by molar-refractivity contribution is 5.95. The minimum atomic E-state index is -1.07. The Hall–Kier alpha value is -2.67. The van der Waals surface area contributed by atoms with Crippen molar-refractivity contribution in [1.82, 2.24) is 15.5 Å². The Morgan fingerprint density at radius 1 is 1.33 bits per heavy atom. The van der Waals surface area contributed by atoms with Crippen LogP contribution in [0.4, 0.5) is 0 Å². The molecule has 0 radical (unpaired) electrons. The first-order valence-electron chi connectivity index (χ1n) is 6.45. The van der Waals surface area contributed by atoms with Gasteiger partial charge in [-0.05, 0) is 6.07 Å². The van der Waals surface area contributed by atoms with Crippen LogP contribution in [-0.2, 0) is 13.0 Å². The Bertz CT molecular complexity index is 749. The summed E-state index contributed by atoms with van der Waals surface area (Å²) < 4.78 is 10.0. The summed E-state index contributed by atoms with van der Waals surface area (Å²) in [5, 5.41) is 16.9. The summed E-state index contributed by atoms with van der Waals surface area (Å²) in [6.45, 7) is 1.01. The summed E-state index contributed by atoms with van der Waals surface area (Å²) in [6, 6.07) is 7.27. The number of carboxylic acids is 1. The number of benzene rings is 1. The van der Waals surface area contributed by atoms with Gasteiger partial charge in [-0.15, -0.1) is 0 Å². The van der Waals surface area contributed by atoms with Gasteiger partial charge >= 0.3 is 5.97 Å². The number of nitrogens with zero attached hydrogens (tertiary/aromatic N) is 2. The second kappa shape index (κ2) is 5.76. The van der Waals surface area contributed by atoms with Gasteiger partial charge < -0.3 is 19.4 Å². The summed E-state index contributed by atoms with van der Waals surface area (Å²) in [5.74, 6) is -0.484. The minimum Gasteiger partial charge on any atom is -0.475 e. The molecule has 0 aliphatic heterocycles. The largest absolute Gasteiger partial charge is 0.475 e. The van der Waals surface area contributed by atoms with Crippen LogP contribution in [0.5, 0.6) is 0 Å². The van der Waals surface area contributed by atoms with Gasteiger partial charge in [0.25, 0.3) is 0 Å². The molecule has 0 fully saturated rings. The van der Waals surface area contributed by atoms with E-state index in [2.05, 4.69) is 20.0 Å². The Labute approximate surface area is 119 Å². The average molecular weight is 287 g/mol. The molecular formula is C14H13N3O4. The Morgan fingerprint density at radius 2 is 2.19 bits per heavy atom. The highest BCUT2D eigenvalue weighted by Crippen LogP contribution is 2.25. The molecule has 2 N–H and O–H groups in total. The third-order valence-corrected chi connectivity index (χ3v) is 3.13. The molecule has 3 aromatic rings. The summed E-state index contributed by atoms with van der Waals surface area (Å²) in [4.78, 5) is 15.2. The van der Waals surface area contributed by atoms with E-state index in [9.17, 15) is 9.90 Å². The monoisotopic (exact) mass is 287 g/mol. The summed E-state index contributed by atoms with van der Waals surface area (Å²) >= 11 is 0. The van der Waals surface area contributed by atoms with Gasteiger partial charge in [-0.3, -0.25) is 0 Å². The van der Waals surface area contributed by atoms with E-state index in [4.69, 9.17) is 4.42 Å². The number of aromatic carboxylic acids is 1. The molecule has 0 saturated heterocycles. The molecule has 3 rings (SSSR count). The minimum absolute atomic E-state index is 0.0248. The molecule has 0 aliphatic carbocycles. The topological polar surface area (TPSA) is 101 Å². The van der Waals surface area contributed by atoms with Crippen LogP contribution in [0.3, 0.4) is 0 Å². The van der Waals surface area contributed by atoms with Crippen LogP contribution < -0.4 is 5.32 Å². The molecule has 2 aromatic heterocycles. The van der Waals surface area contributed by atoms with Gasteiger partial charge in [-0.2, -0.15) is 4.98 Å². The third kappa shape index (κ3) is 2.77. The maximum atomic E-state index is 11.3. The predicted octanol–water partition coefficient (Wildman–Crippen LogP) is 1.85. The Morgan fingerprint density at radius 3 is 2.95 bits per heavy atom. The number of rotatable bonds is 6. The number of para-hydroxylation sites is 1. The average Bonchev–Trinajstić information content (AvgIpc) is 3.11. The van der Waals surface area contributed by atoms with Gasteiger partial charge in [0.2, 0.25) is 12.2 Å². The summed E-state index contributed by atoms with van der Waals surface area (Å²) in [6.07, 6.45) is 1.89. The number of hydrogen-bond donors (Lipinski definition) is 2. The van der Waals surface area contributed by atoms with Gasteiger partial charge in [0, 0.05) is 30.5 Å². The number of fused-ring (bicyclic) bond motifs is 1. The first kappa shape index (κ1) is 13.3. The van der Waals surface area contributed by atoms with E-state index in [0.29, 0.717) is 36.5 Å². The highest BCUT2D eigenvalue weighted by Gasteiger charge is 2.19. The molecule has 1 aromatic carbocycles. The first-order valence-corrected chi connectivity index (χ1v) is 6.45. The second-order valence-corrected chi connectivity index (χ2v) is 4.49. The first-order chi connectivity index (χ1) is 10.3. The van der Waals surface area contributed by atoms with Gasteiger partial charge in [0.15, 0.2) is 5.82 Å². The van der Waals surface area contributed by atoms with Crippen molar-refractivity contribution >= 4 is 16.9 Å². The molecule has 0 aliphatic rings. The molecule has 7 nitrogen and oxygen atoms in total. The van der Waals surface area contributed by atoms with Crippen LogP contribution in [0, 0.1) is 0 Å². The van der Waals surface area contributed by atoms with E-state index in [1.54, 1.807) is 6.07 Å². The molecule has 2 heterocycles. The maximum absolute atomic E-state index is 11.3. The standard InChI is InChI=1S/C14H13N3O4/c18-14(19)13-10(9-3-1-2-4-11(9)21-13)7-15-6-5-12-16-8-20-17-12/h1-4,8,15H,5-7H2,(H,18,19). The van der Waals surface area contributed by atoms with Crippen molar-refractivity contribution in [3.8, 4) is 0 Å². The number of carbonyl (C=O) groups is 1. The van der Waals surface area contributed by atoms with Crippen LogP contribution in [0.25, 0.3) is 11.0 Å². The molecule has 0 unspecified atom stereocenters. The van der Waals surface area contributed by atoms with Gasteiger partial charge in [-0.25, -0.2) is 4.79 Å². The van der Waals surface area contributed by atoms with Crippen molar-refractivity contribution in [1.29, 1.82) is 0 Å². The second-order valence-electron chi connectivity index (χ2n) is 4.49. The van der Waals surface area contributed by atoms with E-state index < -0.39 is 5.97 Å². The normalized spacial score (nSPS) is 11.0. The van der Waals surface area contributed by atoms with Crippen molar-refractivity contribution in [2.45, 2.75) is 13.0 Å². The van der Waals surface area contributed by atoms with E-state index in [-0.39, 0.29) is 5.76 Å². The lowest BCUT2D eigenvalue weighted by molar-refractivity contribution is 0.0663. The number of aromatic nitrogens is 2. The molecule has 0 amide bonds. The van der Waals surface area contributed by atoms with Crippen molar-refractivity contribution < 1.29 is 18.8 Å². The van der Waals surface area contributed by atoms with Gasteiger partial charge in [-0.1, -0.05) is 23.4 Å². The zero-order valence-corrected chi connectivity index (χ0v) is 11.1. The quantitative estimate of drug-likeness (QED) is 0.667. The Balaban J connectivity index is 1.73. The smallest absolute Gasteiger partial charge is 0.372 e. The van der Waals surface area contributed by atoms with Crippen LogP contribution in [0.1, 0.15) is 21.9 Å². The summed E-state index contributed by atoms with van der Waals surface area (Å²) in [5.41, 5.74) is 1.22. The number of carboxylic acid groups (broad SMARTS) is 1. The maximum Gasteiger partial charge on any atom is 0.372 e. The zero-order chi connectivity index (χ0) is 14.7. The number of furan rings is 1. The molecule has 108 valence electrons. The predicted molar refractivity (Wildman–Crippen MR) is 72.9 cm³/mol. The van der Waals surface area contributed by atoms with Crippen LogP contribution >= 0.6 is 0 Å². The fourth-order valence-electron chi connectivity index (χ4n) is 2.16. The third-order valence-electron chi connectivity index (χ3n) is 3.13. The van der Waals surface area contributed by atoms with E-state index in [1.807, 2.05) is 18.2 Å². The van der Waals surface area contributed by atoms with Crippen LogP contribution in [0.2, 0.25) is 0 Å². The molecule has 21 heavy (non-hydrogen) atoms. The SMILES string of the molecule is O=C(O)c1oc2ccccc2c1CNCCc1ncon1. The zero-order valence-electron chi connectivity index (χ0n) is 11.1. The van der Waals surface area contributed by atoms with Crippen LogP contribution in [0.15, 0.2) is 39.6 Å². The van der Waals surface area contributed by atoms with Gasteiger partial charge in [0.1, 0.15) is 5.58 Å². The van der Waals surface area contributed by atoms with E-state index in [0.717, 1.165) is 5.39 Å². The van der Waals surface area contributed by atoms with Gasteiger partial charge in [0.05, 0.1) is 0 Å². The molecule has 0 atom stereocenters. The molecule has 7 heteroatoms.